The van der Waals surface area contributed by atoms with Gasteiger partial charge in [0.05, 0.1) is 4.92 Å². The SMILES string of the molecule is Cc1cc(OCC[NH+]2C[C@@H](C)O[C@@H](C)C2)ccc1[N+](=O)[O-]. The van der Waals surface area contributed by atoms with Crippen LogP contribution in [0.25, 0.3) is 0 Å². The van der Waals surface area contributed by atoms with E-state index in [-0.39, 0.29) is 22.8 Å². The fourth-order valence-corrected chi connectivity index (χ4v) is 2.83. The summed E-state index contributed by atoms with van der Waals surface area (Å²) < 4.78 is 11.4. The van der Waals surface area contributed by atoms with Crippen LogP contribution in [0.1, 0.15) is 19.4 Å². The van der Waals surface area contributed by atoms with Gasteiger partial charge in [-0.2, -0.15) is 0 Å². The van der Waals surface area contributed by atoms with Gasteiger partial charge in [-0.05, 0) is 32.9 Å². The van der Waals surface area contributed by atoms with E-state index in [1.54, 1.807) is 19.1 Å². The van der Waals surface area contributed by atoms with Crippen molar-refractivity contribution in [2.24, 2.45) is 0 Å². The molecule has 6 nitrogen and oxygen atoms in total. The van der Waals surface area contributed by atoms with E-state index in [1.807, 2.05) is 0 Å². The minimum Gasteiger partial charge on any atom is -0.488 e. The van der Waals surface area contributed by atoms with Gasteiger partial charge in [0, 0.05) is 11.6 Å². The van der Waals surface area contributed by atoms with E-state index >= 15 is 0 Å². The third-order valence-corrected chi connectivity index (χ3v) is 3.71. The van der Waals surface area contributed by atoms with Crippen LogP contribution in [0.15, 0.2) is 18.2 Å². The monoisotopic (exact) mass is 295 g/mol. The zero-order chi connectivity index (χ0) is 15.4. The maximum absolute atomic E-state index is 10.8. The Hall–Kier alpha value is -1.66. The van der Waals surface area contributed by atoms with Crippen LogP contribution in [0.2, 0.25) is 0 Å². The van der Waals surface area contributed by atoms with E-state index in [0.29, 0.717) is 17.9 Å². The number of hydrogen-bond donors (Lipinski definition) is 1. The lowest BCUT2D eigenvalue weighted by atomic mass is 10.2. The van der Waals surface area contributed by atoms with E-state index in [2.05, 4.69) is 13.8 Å². The first-order chi connectivity index (χ1) is 9.95. The summed E-state index contributed by atoms with van der Waals surface area (Å²) in [6.45, 7) is 9.41. The third-order valence-electron chi connectivity index (χ3n) is 3.71. The van der Waals surface area contributed by atoms with E-state index in [9.17, 15) is 10.1 Å². The van der Waals surface area contributed by atoms with Crippen molar-refractivity contribution < 1.29 is 19.3 Å². The van der Waals surface area contributed by atoms with Gasteiger partial charge in [-0.1, -0.05) is 0 Å². The number of rotatable bonds is 5. The van der Waals surface area contributed by atoms with Gasteiger partial charge in [-0.15, -0.1) is 0 Å². The van der Waals surface area contributed by atoms with Crippen LogP contribution in [0.4, 0.5) is 5.69 Å². The molecule has 116 valence electrons. The molecular formula is C15H23N2O4+. The molecule has 1 saturated heterocycles. The summed E-state index contributed by atoms with van der Waals surface area (Å²) in [5.41, 5.74) is 0.752. The number of ether oxygens (including phenoxy) is 2. The summed E-state index contributed by atoms with van der Waals surface area (Å²) in [6.07, 6.45) is 0.565. The van der Waals surface area contributed by atoms with Gasteiger partial charge < -0.3 is 14.4 Å². The molecule has 6 heteroatoms. The molecule has 3 atom stereocenters. The van der Waals surface area contributed by atoms with Gasteiger partial charge in [0.2, 0.25) is 0 Å². The molecule has 0 aromatic heterocycles. The summed E-state index contributed by atoms with van der Waals surface area (Å²) in [5, 5.41) is 10.8. The average molecular weight is 295 g/mol. The van der Waals surface area contributed by atoms with Crippen molar-refractivity contribution >= 4 is 5.69 Å². The quantitative estimate of drug-likeness (QED) is 0.649. The molecule has 0 bridgehead atoms. The Bertz CT molecular complexity index is 496. The predicted octanol–water partition coefficient (Wildman–Crippen LogP) is 0.974. The smallest absolute Gasteiger partial charge is 0.272 e. The highest BCUT2D eigenvalue weighted by molar-refractivity contribution is 5.44. The molecule has 1 fully saturated rings. The van der Waals surface area contributed by atoms with E-state index in [1.165, 1.54) is 11.0 Å². The standard InChI is InChI=1S/C15H22N2O4/c1-11-8-14(4-5-15(11)17(18)19)20-7-6-16-9-12(2)21-13(3)10-16/h4-5,8,12-13H,6-7,9-10H2,1-3H3/p+1/t12-,13+. The van der Waals surface area contributed by atoms with Crippen LogP contribution in [0.3, 0.4) is 0 Å². The number of morpholine rings is 1. The normalized spacial score (nSPS) is 25.6. The Morgan fingerprint density at radius 3 is 2.62 bits per heavy atom. The number of nitro groups is 1. The number of aryl methyl sites for hydroxylation is 1. The highest BCUT2D eigenvalue weighted by atomic mass is 16.6. The molecule has 1 unspecified atom stereocenters. The van der Waals surface area contributed by atoms with E-state index in [0.717, 1.165) is 19.6 Å². The van der Waals surface area contributed by atoms with Crippen molar-refractivity contribution in [3.8, 4) is 5.75 Å². The second kappa shape index (κ2) is 6.87. The number of nitrogens with zero attached hydrogens (tertiary/aromatic N) is 1. The minimum absolute atomic E-state index is 0.129. The van der Waals surface area contributed by atoms with E-state index in [4.69, 9.17) is 9.47 Å². The molecule has 0 aliphatic carbocycles. The molecule has 0 radical (unpaired) electrons. The lowest BCUT2D eigenvalue weighted by molar-refractivity contribution is -0.915. The molecule has 1 aromatic rings. The molecular weight excluding hydrogens is 272 g/mol. The van der Waals surface area contributed by atoms with Crippen molar-refractivity contribution in [1.82, 2.24) is 0 Å². The largest absolute Gasteiger partial charge is 0.488 e. The average Bonchev–Trinajstić information content (AvgIpc) is 2.37. The summed E-state index contributed by atoms with van der Waals surface area (Å²) >= 11 is 0. The molecule has 1 N–H and O–H groups in total. The maximum Gasteiger partial charge on any atom is 0.272 e. The Balaban J connectivity index is 1.83. The molecule has 1 aliphatic rings. The summed E-state index contributed by atoms with van der Waals surface area (Å²) in [7, 11) is 0. The zero-order valence-electron chi connectivity index (χ0n) is 12.8. The van der Waals surface area contributed by atoms with Gasteiger partial charge in [0.25, 0.3) is 5.69 Å². The molecule has 2 rings (SSSR count). The van der Waals surface area contributed by atoms with Gasteiger partial charge in [0.15, 0.2) is 0 Å². The third kappa shape index (κ3) is 4.41. The van der Waals surface area contributed by atoms with Gasteiger partial charge in [-0.25, -0.2) is 0 Å². The van der Waals surface area contributed by atoms with Crippen molar-refractivity contribution in [2.45, 2.75) is 33.0 Å². The van der Waals surface area contributed by atoms with Crippen molar-refractivity contribution in [2.75, 3.05) is 26.2 Å². The number of benzene rings is 1. The number of nitro benzene ring substituents is 1. The summed E-state index contributed by atoms with van der Waals surface area (Å²) in [6, 6.07) is 4.87. The zero-order valence-corrected chi connectivity index (χ0v) is 12.8. The Morgan fingerprint density at radius 1 is 1.38 bits per heavy atom. The maximum atomic E-state index is 10.8. The van der Waals surface area contributed by atoms with Gasteiger partial charge >= 0.3 is 0 Å². The van der Waals surface area contributed by atoms with Crippen LogP contribution >= 0.6 is 0 Å². The molecule has 0 amide bonds. The van der Waals surface area contributed by atoms with Crippen LogP contribution in [-0.4, -0.2) is 43.4 Å². The van der Waals surface area contributed by atoms with E-state index < -0.39 is 0 Å². The van der Waals surface area contributed by atoms with Crippen LogP contribution in [0.5, 0.6) is 5.75 Å². The van der Waals surface area contributed by atoms with Crippen LogP contribution in [-0.2, 0) is 4.74 Å². The van der Waals surface area contributed by atoms with Gasteiger partial charge in [-0.3, -0.25) is 10.1 Å². The first kappa shape index (κ1) is 15.7. The Kier molecular flexibility index (Phi) is 5.14. The van der Waals surface area contributed by atoms with Crippen LogP contribution < -0.4 is 9.64 Å². The summed E-state index contributed by atoms with van der Waals surface area (Å²) in [4.78, 5) is 11.9. The molecule has 0 spiro atoms. The number of hydrogen-bond acceptors (Lipinski definition) is 4. The predicted molar refractivity (Wildman–Crippen MR) is 78.9 cm³/mol. The van der Waals surface area contributed by atoms with Crippen molar-refractivity contribution in [1.29, 1.82) is 0 Å². The first-order valence-corrected chi connectivity index (χ1v) is 7.32. The Morgan fingerprint density at radius 2 is 2.05 bits per heavy atom. The lowest BCUT2D eigenvalue weighted by Gasteiger charge is -2.32. The van der Waals surface area contributed by atoms with Crippen molar-refractivity contribution in [3.63, 3.8) is 0 Å². The Labute approximate surface area is 124 Å². The fourth-order valence-electron chi connectivity index (χ4n) is 2.83. The first-order valence-electron chi connectivity index (χ1n) is 7.32. The minimum atomic E-state index is -0.375. The highest BCUT2D eigenvalue weighted by Crippen LogP contribution is 2.22. The molecule has 1 heterocycles. The lowest BCUT2D eigenvalue weighted by Crippen LogP contribution is -3.16. The highest BCUT2D eigenvalue weighted by Gasteiger charge is 2.25. The topological polar surface area (TPSA) is 66.0 Å². The molecule has 1 aliphatic heterocycles. The summed E-state index contributed by atoms with van der Waals surface area (Å²) in [5.74, 6) is 0.687. The molecule has 0 saturated carbocycles. The number of nitrogens with one attached hydrogen (secondary N) is 1. The fraction of sp³-hybridized carbons (Fsp3) is 0.600. The second-order valence-corrected chi connectivity index (χ2v) is 5.72. The van der Waals surface area contributed by atoms with Crippen molar-refractivity contribution in [3.05, 3.63) is 33.9 Å². The van der Waals surface area contributed by atoms with Crippen LogP contribution in [0, 0.1) is 17.0 Å². The molecule has 21 heavy (non-hydrogen) atoms. The second-order valence-electron chi connectivity index (χ2n) is 5.72. The number of quaternary nitrogens is 1. The molecule has 1 aromatic carbocycles. The van der Waals surface area contributed by atoms with Gasteiger partial charge in [0.1, 0.15) is 44.2 Å².